The standard InChI is InChI=1S/C13H17BO/c1-4-11-10-14(15-13(11,2)3)12-8-6-5-7-9-12/h4-9,11H,1,10H2,2-3H3. The van der Waals surface area contributed by atoms with E-state index in [1.54, 1.807) is 0 Å². The predicted molar refractivity (Wildman–Crippen MR) is 65.5 cm³/mol. The summed E-state index contributed by atoms with van der Waals surface area (Å²) in [5.41, 5.74) is 1.19. The zero-order valence-electron chi connectivity index (χ0n) is 9.44. The van der Waals surface area contributed by atoms with Crippen LogP contribution < -0.4 is 5.46 Å². The molecule has 1 atom stereocenters. The van der Waals surface area contributed by atoms with Crippen LogP contribution in [0.15, 0.2) is 43.0 Å². The summed E-state index contributed by atoms with van der Waals surface area (Å²) in [5, 5.41) is 0. The van der Waals surface area contributed by atoms with Gasteiger partial charge in [0.15, 0.2) is 0 Å². The Labute approximate surface area is 92.3 Å². The van der Waals surface area contributed by atoms with Gasteiger partial charge in [0.1, 0.15) is 0 Å². The highest BCUT2D eigenvalue weighted by Gasteiger charge is 2.42. The van der Waals surface area contributed by atoms with E-state index in [9.17, 15) is 0 Å². The van der Waals surface area contributed by atoms with Crippen molar-refractivity contribution < 1.29 is 4.65 Å². The summed E-state index contributed by atoms with van der Waals surface area (Å²) >= 11 is 0. The summed E-state index contributed by atoms with van der Waals surface area (Å²) < 4.78 is 6.07. The van der Waals surface area contributed by atoms with Crippen molar-refractivity contribution in [1.29, 1.82) is 0 Å². The Kier molecular flexibility index (Phi) is 2.70. The van der Waals surface area contributed by atoms with Gasteiger partial charge in [-0.05, 0) is 31.5 Å². The molecule has 0 aromatic heterocycles. The maximum absolute atomic E-state index is 6.07. The molecule has 1 aromatic rings. The molecule has 2 heteroatoms. The van der Waals surface area contributed by atoms with Crippen LogP contribution >= 0.6 is 0 Å². The lowest BCUT2D eigenvalue weighted by molar-refractivity contribution is 0.107. The number of rotatable bonds is 2. The van der Waals surface area contributed by atoms with Crippen LogP contribution in [0, 0.1) is 5.92 Å². The van der Waals surface area contributed by atoms with Crippen LogP contribution in [0.2, 0.25) is 6.32 Å². The van der Waals surface area contributed by atoms with Crippen LogP contribution in [-0.4, -0.2) is 12.5 Å². The molecule has 0 saturated carbocycles. The van der Waals surface area contributed by atoms with Crippen molar-refractivity contribution in [3.63, 3.8) is 0 Å². The van der Waals surface area contributed by atoms with Gasteiger partial charge in [-0.15, -0.1) is 6.58 Å². The maximum Gasteiger partial charge on any atom is 0.328 e. The summed E-state index contributed by atoms with van der Waals surface area (Å²) in [4.78, 5) is 0. The van der Waals surface area contributed by atoms with Gasteiger partial charge in [0.05, 0.1) is 5.60 Å². The highest BCUT2D eigenvalue weighted by molar-refractivity contribution is 6.68. The molecule has 1 nitrogen and oxygen atoms in total. The first-order valence-electron chi connectivity index (χ1n) is 5.49. The van der Waals surface area contributed by atoms with Gasteiger partial charge in [-0.3, -0.25) is 0 Å². The summed E-state index contributed by atoms with van der Waals surface area (Å²) in [6, 6.07) is 10.4. The number of benzene rings is 1. The zero-order valence-corrected chi connectivity index (χ0v) is 9.44. The van der Waals surface area contributed by atoms with Crippen molar-refractivity contribution >= 4 is 12.4 Å². The van der Waals surface area contributed by atoms with E-state index in [1.807, 2.05) is 12.1 Å². The SMILES string of the molecule is C=CC1CB(c2ccccc2)OC1(C)C. The molecule has 1 unspecified atom stereocenters. The second kappa shape index (κ2) is 3.86. The van der Waals surface area contributed by atoms with Crippen molar-refractivity contribution in [2.24, 2.45) is 5.92 Å². The van der Waals surface area contributed by atoms with E-state index in [2.05, 4.69) is 44.7 Å². The van der Waals surface area contributed by atoms with E-state index < -0.39 is 0 Å². The van der Waals surface area contributed by atoms with Crippen molar-refractivity contribution in [1.82, 2.24) is 0 Å². The van der Waals surface area contributed by atoms with Gasteiger partial charge in [-0.2, -0.15) is 0 Å². The average molecular weight is 200 g/mol. The van der Waals surface area contributed by atoms with Crippen molar-refractivity contribution in [2.45, 2.75) is 25.8 Å². The third-order valence-electron chi connectivity index (χ3n) is 3.26. The van der Waals surface area contributed by atoms with E-state index >= 15 is 0 Å². The number of hydrogen-bond acceptors (Lipinski definition) is 1. The van der Waals surface area contributed by atoms with Crippen LogP contribution in [0.5, 0.6) is 0 Å². The molecular weight excluding hydrogens is 183 g/mol. The molecule has 1 heterocycles. The zero-order chi connectivity index (χ0) is 10.9. The highest BCUT2D eigenvalue weighted by Crippen LogP contribution is 2.35. The normalized spacial score (nSPS) is 24.1. The fourth-order valence-electron chi connectivity index (χ4n) is 2.27. The smallest absolute Gasteiger partial charge is 0.328 e. The Morgan fingerprint density at radius 1 is 1.40 bits per heavy atom. The van der Waals surface area contributed by atoms with Gasteiger partial charge < -0.3 is 4.65 Å². The first kappa shape index (κ1) is 10.5. The predicted octanol–water partition coefficient (Wildman–Crippen LogP) is 2.50. The third-order valence-corrected chi connectivity index (χ3v) is 3.26. The minimum atomic E-state index is -0.0811. The molecule has 0 N–H and O–H groups in total. The summed E-state index contributed by atoms with van der Waals surface area (Å²) in [7, 11) is 0. The number of hydrogen-bond donors (Lipinski definition) is 0. The van der Waals surface area contributed by atoms with E-state index in [1.165, 1.54) is 5.46 Å². The third kappa shape index (κ3) is 2.00. The molecule has 0 radical (unpaired) electrons. The molecular formula is C13H17BO. The van der Waals surface area contributed by atoms with Crippen LogP contribution in [0.25, 0.3) is 0 Å². The fourth-order valence-corrected chi connectivity index (χ4v) is 2.27. The van der Waals surface area contributed by atoms with Crippen LogP contribution in [0.1, 0.15) is 13.8 Å². The highest BCUT2D eigenvalue weighted by atomic mass is 16.5. The largest absolute Gasteiger partial charge is 0.425 e. The molecule has 78 valence electrons. The maximum atomic E-state index is 6.07. The Morgan fingerprint density at radius 3 is 2.60 bits per heavy atom. The minimum Gasteiger partial charge on any atom is -0.425 e. The Balaban J connectivity index is 2.19. The van der Waals surface area contributed by atoms with E-state index in [4.69, 9.17) is 4.65 Å². The van der Waals surface area contributed by atoms with Gasteiger partial charge in [-0.25, -0.2) is 0 Å². The quantitative estimate of drug-likeness (QED) is 0.526. The molecule has 0 spiro atoms. The molecule has 1 fully saturated rings. The second-order valence-electron chi connectivity index (χ2n) is 4.70. The molecule has 1 aliphatic rings. The molecule has 0 amide bonds. The van der Waals surface area contributed by atoms with Gasteiger partial charge in [0.25, 0.3) is 0 Å². The lowest BCUT2D eigenvalue weighted by Gasteiger charge is -2.24. The first-order valence-corrected chi connectivity index (χ1v) is 5.49. The Bertz CT molecular complexity index is 345. The molecule has 1 aliphatic heterocycles. The van der Waals surface area contributed by atoms with Gasteiger partial charge >= 0.3 is 6.92 Å². The lowest BCUT2D eigenvalue weighted by Crippen LogP contribution is -2.33. The van der Waals surface area contributed by atoms with Crippen LogP contribution in [0.3, 0.4) is 0 Å². The van der Waals surface area contributed by atoms with Crippen LogP contribution in [-0.2, 0) is 4.65 Å². The minimum absolute atomic E-state index is 0.0811. The van der Waals surface area contributed by atoms with Gasteiger partial charge in [-0.1, -0.05) is 36.4 Å². The van der Waals surface area contributed by atoms with Crippen molar-refractivity contribution in [2.75, 3.05) is 0 Å². The molecule has 15 heavy (non-hydrogen) atoms. The van der Waals surface area contributed by atoms with E-state index in [0.29, 0.717) is 5.92 Å². The van der Waals surface area contributed by atoms with Crippen molar-refractivity contribution in [3.05, 3.63) is 43.0 Å². The molecule has 0 aliphatic carbocycles. The summed E-state index contributed by atoms with van der Waals surface area (Å²) in [6.07, 6.45) is 3.06. The second-order valence-corrected chi connectivity index (χ2v) is 4.70. The molecule has 2 rings (SSSR count). The summed E-state index contributed by atoms with van der Waals surface area (Å²) in [6.45, 7) is 8.39. The summed E-state index contributed by atoms with van der Waals surface area (Å²) in [5.74, 6) is 0.447. The van der Waals surface area contributed by atoms with Crippen molar-refractivity contribution in [3.8, 4) is 0 Å². The first-order chi connectivity index (χ1) is 7.13. The fraction of sp³-hybridized carbons (Fsp3) is 0.385. The lowest BCUT2D eigenvalue weighted by atomic mass is 9.57. The molecule has 1 aromatic carbocycles. The van der Waals surface area contributed by atoms with E-state index in [-0.39, 0.29) is 12.5 Å². The molecule has 0 bridgehead atoms. The molecule has 1 saturated heterocycles. The average Bonchev–Trinajstić information content (AvgIpc) is 2.55. The van der Waals surface area contributed by atoms with Crippen LogP contribution in [0.4, 0.5) is 0 Å². The topological polar surface area (TPSA) is 9.23 Å². The van der Waals surface area contributed by atoms with E-state index in [0.717, 1.165) is 6.32 Å². The van der Waals surface area contributed by atoms with Gasteiger partial charge in [0.2, 0.25) is 0 Å². The Hall–Kier alpha value is -1.02. The Morgan fingerprint density at radius 2 is 2.07 bits per heavy atom. The monoisotopic (exact) mass is 200 g/mol. The van der Waals surface area contributed by atoms with Gasteiger partial charge in [0, 0.05) is 0 Å².